The lowest BCUT2D eigenvalue weighted by molar-refractivity contribution is 0.0866. The molecule has 0 spiro atoms. The lowest BCUT2D eigenvalue weighted by atomic mass is 10.1. The zero-order chi connectivity index (χ0) is 14.1. The van der Waals surface area contributed by atoms with Crippen LogP contribution in [0.2, 0.25) is 0 Å². The van der Waals surface area contributed by atoms with Gasteiger partial charge in [0, 0.05) is 18.0 Å². The summed E-state index contributed by atoms with van der Waals surface area (Å²) in [5, 5.41) is -3.97. The maximum atomic E-state index is 13.5. The second-order valence-electron chi connectivity index (χ2n) is 4.09. The van der Waals surface area contributed by atoms with Gasteiger partial charge in [0.05, 0.1) is 0 Å². The van der Waals surface area contributed by atoms with E-state index in [4.69, 9.17) is 0 Å². The molecule has 0 saturated carbocycles. The molecule has 0 amide bonds. The maximum Gasteiger partial charge on any atom is 0.386 e. The minimum absolute atomic E-state index is 0.486. The summed E-state index contributed by atoms with van der Waals surface area (Å²) in [5.41, 5.74) is 0.701. The molecule has 0 unspecified atom stereocenters. The molecule has 0 fully saturated rings. The van der Waals surface area contributed by atoms with E-state index in [0.29, 0.717) is 11.8 Å². The topological polar surface area (TPSA) is 47.0 Å². The second-order valence-corrected chi connectivity index (χ2v) is 6.14. The van der Waals surface area contributed by atoms with Crippen LogP contribution in [0.4, 0.5) is 8.78 Å². The van der Waals surface area contributed by atoms with Crippen LogP contribution in [0.25, 0.3) is 11.1 Å². The molecule has 0 saturated heterocycles. The normalized spacial score (nSPS) is 12.4. The summed E-state index contributed by atoms with van der Waals surface area (Å²) in [7, 11) is -4.53. The molecular weight excluding hydrogens is 272 g/mol. The summed E-state index contributed by atoms with van der Waals surface area (Å²) in [4.78, 5) is 3.56. The minimum Gasteiger partial charge on any atom is -0.253 e. The fourth-order valence-corrected chi connectivity index (χ4v) is 2.06. The Morgan fingerprint density at radius 2 is 1.63 bits per heavy atom. The van der Waals surface area contributed by atoms with Gasteiger partial charge in [-0.3, -0.25) is 4.98 Å². The van der Waals surface area contributed by atoms with Crippen LogP contribution in [-0.4, -0.2) is 19.7 Å². The number of hydrogen-bond donors (Lipinski definition) is 0. The van der Waals surface area contributed by atoms with Crippen molar-refractivity contribution in [1.82, 2.24) is 4.98 Å². The molecule has 1 aromatic carbocycles. The molecule has 1 aromatic heterocycles. The highest BCUT2D eigenvalue weighted by atomic mass is 32.2. The zero-order valence-electron chi connectivity index (χ0n) is 10.0. The molecule has 0 aliphatic heterocycles. The number of halogens is 2. The van der Waals surface area contributed by atoms with E-state index in [0.717, 1.165) is 11.6 Å². The highest BCUT2D eigenvalue weighted by Gasteiger charge is 2.44. The van der Waals surface area contributed by atoms with E-state index in [1.54, 1.807) is 0 Å². The molecule has 0 aliphatic rings. The molecule has 3 nitrogen and oxygen atoms in total. The summed E-state index contributed by atoms with van der Waals surface area (Å²) >= 11 is 0. The minimum atomic E-state index is -4.53. The number of benzene rings is 1. The first kappa shape index (κ1) is 13.6. The summed E-state index contributed by atoms with van der Waals surface area (Å²) in [5.74, 6) is 0. The quantitative estimate of drug-likeness (QED) is 0.870. The Morgan fingerprint density at radius 1 is 1.00 bits per heavy atom. The van der Waals surface area contributed by atoms with Crippen molar-refractivity contribution in [3.8, 4) is 11.1 Å². The SMILES string of the molecule is CS(=O)(=O)C(F)(F)c1ccc(-c2ccccc2)cn1. The van der Waals surface area contributed by atoms with Gasteiger partial charge >= 0.3 is 5.25 Å². The van der Waals surface area contributed by atoms with Gasteiger partial charge in [-0.05, 0) is 11.6 Å². The van der Waals surface area contributed by atoms with Crippen molar-refractivity contribution < 1.29 is 17.2 Å². The molecular formula is C13H11F2NO2S. The zero-order valence-corrected chi connectivity index (χ0v) is 10.9. The monoisotopic (exact) mass is 283 g/mol. The summed E-state index contributed by atoms with van der Waals surface area (Å²) in [6.07, 6.45) is 1.73. The average molecular weight is 283 g/mol. The number of aromatic nitrogens is 1. The van der Waals surface area contributed by atoms with Gasteiger partial charge in [-0.25, -0.2) is 8.42 Å². The van der Waals surface area contributed by atoms with Crippen LogP contribution in [-0.2, 0) is 15.1 Å². The van der Waals surface area contributed by atoms with Crippen LogP contribution < -0.4 is 0 Å². The molecule has 1 heterocycles. The molecule has 0 atom stereocenters. The standard InChI is InChI=1S/C13H11F2NO2S/c1-19(17,18)13(14,15)12-8-7-11(9-16-12)10-5-3-2-4-6-10/h2-9H,1H3. The average Bonchev–Trinajstić information content (AvgIpc) is 2.39. The first-order valence-electron chi connectivity index (χ1n) is 5.42. The van der Waals surface area contributed by atoms with Gasteiger partial charge in [-0.15, -0.1) is 0 Å². The molecule has 6 heteroatoms. The van der Waals surface area contributed by atoms with Crippen LogP contribution >= 0.6 is 0 Å². The first-order chi connectivity index (χ1) is 8.82. The van der Waals surface area contributed by atoms with Gasteiger partial charge in [0.1, 0.15) is 5.69 Å². The van der Waals surface area contributed by atoms with Crippen LogP contribution in [0.15, 0.2) is 48.7 Å². The van der Waals surface area contributed by atoms with Crippen molar-refractivity contribution in [1.29, 1.82) is 0 Å². The Bertz CT molecular complexity index is 668. The smallest absolute Gasteiger partial charge is 0.253 e. The van der Waals surface area contributed by atoms with E-state index in [-0.39, 0.29) is 0 Å². The van der Waals surface area contributed by atoms with Gasteiger partial charge in [0.25, 0.3) is 0 Å². The molecule has 0 N–H and O–H groups in total. The molecule has 0 bridgehead atoms. The van der Waals surface area contributed by atoms with Crippen LogP contribution in [0, 0.1) is 0 Å². The van der Waals surface area contributed by atoms with E-state index in [2.05, 4.69) is 4.98 Å². The maximum absolute atomic E-state index is 13.5. The highest BCUT2D eigenvalue weighted by Crippen LogP contribution is 2.32. The van der Waals surface area contributed by atoms with Crippen LogP contribution in [0.5, 0.6) is 0 Å². The largest absolute Gasteiger partial charge is 0.386 e. The third kappa shape index (κ3) is 2.63. The van der Waals surface area contributed by atoms with Gasteiger partial charge in [-0.2, -0.15) is 8.78 Å². The van der Waals surface area contributed by atoms with Crippen molar-refractivity contribution in [2.24, 2.45) is 0 Å². The van der Waals surface area contributed by atoms with Gasteiger partial charge < -0.3 is 0 Å². The Labute approximate surface area is 109 Å². The summed E-state index contributed by atoms with van der Waals surface area (Å²) < 4.78 is 49.1. The number of pyridine rings is 1. The number of nitrogens with zero attached hydrogens (tertiary/aromatic N) is 1. The molecule has 2 aromatic rings. The number of sulfone groups is 1. The first-order valence-corrected chi connectivity index (χ1v) is 7.31. The van der Waals surface area contributed by atoms with Gasteiger partial charge in [0.2, 0.25) is 9.84 Å². The Kier molecular flexibility index (Phi) is 3.36. The van der Waals surface area contributed by atoms with Crippen molar-refractivity contribution in [2.45, 2.75) is 5.25 Å². The Balaban J connectivity index is 2.40. The van der Waals surface area contributed by atoms with E-state index in [1.165, 1.54) is 12.3 Å². The summed E-state index contributed by atoms with van der Waals surface area (Å²) in [6.45, 7) is 0. The Morgan fingerprint density at radius 3 is 2.11 bits per heavy atom. The lowest BCUT2D eigenvalue weighted by Gasteiger charge is -2.13. The number of hydrogen-bond acceptors (Lipinski definition) is 3. The van der Waals surface area contributed by atoms with E-state index < -0.39 is 20.8 Å². The van der Waals surface area contributed by atoms with Crippen LogP contribution in [0.3, 0.4) is 0 Å². The predicted octanol–water partition coefficient (Wildman–Crippen LogP) is 2.84. The van der Waals surface area contributed by atoms with Crippen molar-refractivity contribution >= 4 is 9.84 Å². The fourth-order valence-electron chi connectivity index (χ4n) is 1.56. The number of rotatable bonds is 3. The van der Waals surface area contributed by atoms with Crippen molar-refractivity contribution in [3.63, 3.8) is 0 Å². The van der Waals surface area contributed by atoms with Crippen molar-refractivity contribution in [2.75, 3.05) is 6.26 Å². The highest BCUT2D eigenvalue weighted by molar-refractivity contribution is 7.91. The molecule has 2 rings (SSSR count). The molecule has 0 aliphatic carbocycles. The van der Waals surface area contributed by atoms with Crippen LogP contribution in [0.1, 0.15) is 5.69 Å². The molecule has 100 valence electrons. The predicted molar refractivity (Wildman–Crippen MR) is 68.4 cm³/mol. The second kappa shape index (κ2) is 4.70. The molecule has 19 heavy (non-hydrogen) atoms. The van der Waals surface area contributed by atoms with E-state index >= 15 is 0 Å². The number of alkyl halides is 2. The molecule has 0 radical (unpaired) electrons. The third-order valence-corrected chi connectivity index (χ3v) is 3.77. The fraction of sp³-hybridized carbons (Fsp3) is 0.154. The van der Waals surface area contributed by atoms with E-state index in [1.807, 2.05) is 30.3 Å². The van der Waals surface area contributed by atoms with E-state index in [9.17, 15) is 17.2 Å². The Hall–Kier alpha value is -1.82. The summed E-state index contributed by atoms with van der Waals surface area (Å²) in [6, 6.07) is 11.5. The van der Waals surface area contributed by atoms with Gasteiger partial charge in [-0.1, -0.05) is 36.4 Å². The van der Waals surface area contributed by atoms with Crippen molar-refractivity contribution in [3.05, 3.63) is 54.4 Å². The van der Waals surface area contributed by atoms with Gasteiger partial charge in [0.15, 0.2) is 0 Å². The third-order valence-electron chi connectivity index (χ3n) is 2.63. The lowest BCUT2D eigenvalue weighted by Crippen LogP contribution is -2.26.